The Bertz CT molecular complexity index is 357. The number of hydrogen-bond acceptors (Lipinski definition) is 1. The van der Waals surface area contributed by atoms with Crippen LogP contribution in [0, 0.1) is 0 Å². The minimum absolute atomic E-state index is 0.760. The highest BCUT2D eigenvalue weighted by molar-refractivity contribution is 6.35. The lowest BCUT2D eigenvalue weighted by atomic mass is 10.3. The number of fused-ring (bicyclic) bond motifs is 1. The number of hydrogen-bond donors (Lipinski definition) is 0. The Morgan fingerprint density at radius 3 is 2.69 bits per heavy atom. The van der Waals surface area contributed by atoms with Crippen LogP contribution in [-0.2, 0) is 7.05 Å². The van der Waals surface area contributed by atoms with Crippen molar-refractivity contribution >= 4 is 22.5 Å². The SMILES string of the molecule is CC.Cn1cc(Cl)c2cnccc21. The van der Waals surface area contributed by atoms with Gasteiger partial charge in [0.05, 0.1) is 10.5 Å². The fraction of sp³-hybridized carbons (Fsp3) is 0.300. The Balaban J connectivity index is 0.000000396. The summed E-state index contributed by atoms with van der Waals surface area (Å²) in [4.78, 5) is 3.99. The zero-order valence-electron chi connectivity index (χ0n) is 8.08. The van der Waals surface area contributed by atoms with E-state index < -0.39 is 0 Å². The quantitative estimate of drug-likeness (QED) is 0.633. The van der Waals surface area contributed by atoms with Gasteiger partial charge in [-0.05, 0) is 6.07 Å². The highest BCUT2D eigenvalue weighted by Gasteiger charge is 2.01. The van der Waals surface area contributed by atoms with Crippen LogP contribution in [0.3, 0.4) is 0 Å². The summed E-state index contributed by atoms with van der Waals surface area (Å²) < 4.78 is 1.99. The number of nitrogens with zero attached hydrogens (tertiary/aromatic N) is 2. The van der Waals surface area contributed by atoms with E-state index in [4.69, 9.17) is 11.6 Å². The highest BCUT2D eigenvalue weighted by Crippen LogP contribution is 2.22. The minimum atomic E-state index is 0.760. The van der Waals surface area contributed by atoms with E-state index in [1.165, 1.54) is 0 Å². The third-order valence-corrected chi connectivity index (χ3v) is 2.04. The first-order valence-electron chi connectivity index (χ1n) is 4.33. The molecule has 0 aromatic carbocycles. The molecule has 0 saturated heterocycles. The van der Waals surface area contributed by atoms with Gasteiger partial charge in [-0.3, -0.25) is 4.98 Å². The summed E-state index contributed by atoms with van der Waals surface area (Å²) in [6, 6.07) is 1.95. The molecule has 0 aliphatic heterocycles. The molecule has 2 heterocycles. The van der Waals surface area contributed by atoms with Crippen molar-refractivity contribution in [2.75, 3.05) is 0 Å². The van der Waals surface area contributed by atoms with Crippen molar-refractivity contribution in [2.24, 2.45) is 7.05 Å². The van der Waals surface area contributed by atoms with Crippen LogP contribution in [0.25, 0.3) is 10.9 Å². The Labute approximate surface area is 83.2 Å². The van der Waals surface area contributed by atoms with Crippen LogP contribution in [0.1, 0.15) is 13.8 Å². The molecule has 2 nitrogen and oxygen atoms in total. The molecule has 0 aliphatic carbocycles. The number of pyridine rings is 1. The van der Waals surface area contributed by atoms with Gasteiger partial charge in [-0.15, -0.1) is 0 Å². The van der Waals surface area contributed by atoms with E-state index >= 15 is 0 Å². The van der Waals surface area contributed by atoms with Gasteiger partial charge in [-0.1, -0.05) is 25.4 Å². The second-order valence-electron chi connectivity index (χ2n) is 2.48. The maximum absolute atomic E-state index is 5.92. The van der Waals surface area contributed by atoms with Gasteiger partial charge < -0.3 is 4.57 Å². The molecule has 2 aromatic heterocycles. The van der Waals surface area contributed by atoms with E-state index in [-0.39, 0.29) is 0 Å². The van der Waals surface area contributed by atoms with Crippen LogP contribution < -0.4 is 0 Å². The van der Waals surface area contributed by atoms with Gasteiger partial charge >= 0.3 is 0 Å². The minimum Gasteiger partial charge on any atom is -0.349 e. The van der Waals surface area contributed by atoms with Crippen molar-refractivity contribution in [3.63, 3.8) is 0 Å². The fourth-order valence-electron chi connectivity index (χ4n) is 1.19. The number of rotatable bonds is 0. The molecule has 3 heteroatoms. The molecular formula is C10H13ClN2. The van der Waals surface area contributed by atoms with E-state index in [0.29, 0.717) is 0 Å². The molecule has 0 amide bonds. The lowest BCUT2D eigenvalue weighted by Gasteiger charge is -1.91. The molecule has 0 saturated carbocycles. The lowest BCUT2D eigenvalue weighted by molar-refractivity contribution is 0.968. The average Bonchev–Trinajstić information content (AvgIpc) is 2.47. The maximum Gasteiger partial charge on any atom is 0.0676 e. The van der Waals surface area contributed by atoms with E-state index in [0.717, 1.165) is 15.9 Å². The predicted octanol–water partition coefficient (Wildman–Crippen LogP) is 3.25. The van der Waals surface area contributed by atoms with Crippen molar-refractivity contribution in [2.45, 2.75) is 13.8 Å². The fourth-order valence-corrected chi connectivity index (χ4v) is 1.48. The van der Waals surface area contributed by atoms with Crippen LogP contribution in [0.2, 0.25) is 5.02 Å². The van der Waals surface area contributed by atoms with Crippen molar-refractivity contribution in [3.05, 3.63) is 29.7 Å². The van der Waals surface area contributed by atoms with Gasteiger partial charge in [-0.25, -0.2) is 0 Å². The van der Waals surface area contributed by atoms with E-state index in [1.807, 2.05) is 37.7 Å². The molecule has 0 fully saturated rings. The summed E-state index contributed by atoms with van der Waals surface area (Å²) in [5, 5.41) is 1.77. The molecular weight excluding hydrogens is 184 g/mol. The first kappa shape index (κ1) is 10.1. The molecule has 0 spiro atoms. The van der Waals surface area contributed by atoms with Crippen molar-refractivity contribution in [1.82, 2.24) is 9.55 Å². The monoisotopic (exact) mass is 196 g/mol. The van der Waals surface area contributed by atoms with Crippen LogP contribution in [0.4, 0.5) is 0 Å². The summed E-state index contributed by atoms with van der Waals surface area (Å²) in [5.41, 5.74) is 1.12. The largest absolute Gasteiger partial charge is 0.349 e. The molecule has 2 rings (SSSR count). The van der Waals surface area contributed by atoms with Crippen molar-refractivity contribution in [1.29, 1.82) is 0 Å². The number of halogens is 1. The molecule has 0 unspecified atom stereocenters. The molecule has 0 bridgehead atoms. The molecule has 70 valence electrons. The van der Waals surface area contributed by atoms with Crippen molar-refractivity contribution < 1.29 is 0 Å². The Hall–Kier alpha value is -1.02. The standard InChI is InChI=1S/C8H7ClN2.C2H6/c1-11-5-7(9)6-4-10-3-2-8(6)11;1-2/h2-5H,1H3;1-2H3. The molecule has 0 N–H and O–H groups in total. The maximum atomic E-state index is 5.92. The topological polar surface area (TPSA) is 17.8 Å². The summed E-state index contributed by atoms with van der Waals surface area (Å²) in [7, 11) is 1.97. The first-order chi connectivity index (χ1) is 6.29. The first-order valence-corrected chi connectivity index (χ1v) is 4.71. The summed E-state index contributed by atoms with van der Waals surface area (Å²) in [5.74, 6) is 0. The van der Waals surface area contributed by atoms with Gasteiger partial charge in [0.2, 0.25) is 0 Å². The van der Waals surface area contributed by atoms with E-state index in [2.05, 4.69) is 4.98 Å². The van der Waals surface area contributed by atoms with Gasteiger partial charge in [0.15, 0.2) is 0 Å². The predicted molar refractivity (Wildman–Crippen MR) is 57.1 cm³/mol. The third kappa shape index (κ3) is 1.83. The smallest absolute Gasteiger partial charge is 0.0676 e. The van der Waals surface area contributed by atoms with Crippen LogP contribution in [0.15, 0.2) is 24.7 Å². The van der Waals surface area contributed by atoms with E-state index in [9.17, 15) is 0 Å². The lowest BCUT2D eigenvalue weighted by Crippen LogP contribution is -1.82. The Morgan fingerprint density at radius 1 is 1.38 bits per heavy atom. The second-order valence-corrected chi connectivity index (χ2v) is 2.89. The van der Waals surface area contributed by atoms with Crippen LogP contribution in [-0.4, -0.2) is 9.55 Å². The molecule has 0 aliphatic rings. The Morgan fingerprint density at radius 2 is 2.08 bits per heavy atom. The zero-order chi connectivity index (χ0) is 9.84. The zero-order valence-corrected chi connectivity index (χ0v) is 8.84. The Kier molecular flexibility index (Phi) is 3.32. The second kappa shape index (κ2) is 4.28. The normalized spacial score (nSPS) is 9.54. The molecule has 0 atom stereocenters. The molecule has 0 radical (unpaired) electrons. The van der Waals surface area contributed by atoms with Gasteiger partial charge in [0, 0.05) is 31.0 Å². The van der Waals surface area contributed by atoms with E-state index in [1.54, 1.807) is 12.4 Å². The number of aromatic nitrogens is 2. The summed E-state index contributed by atoms with van der Waals surface area (Å²) in [6.07, 6.45) is 5.42. The third-order valence-electron chi connectivity index (χ3n) is 1.74. The number of aryl methyl sites for hydroxylation is 1. The average molecular weight is 197 g/mol. The van der Waals surface area contributed by atoms with Crippen molar-refractivity contribution in [3.8, 4) is 0 Å². The van der Waals surface area contributed by atoms with Gasteiger partial charge in [-0.2, -0.15) is 0 Å². The highest BCUT2D eigenvalue weighted by atomic mass is 35.5. The van der Waals surface area contributed by atoms with Gasteiger partial charge in [0.25, 0.3) is 0 Å². The van der Waals surface area contributed by atoms with Gasteiger partial charge in [0.1, 0.15) is 0 Å². The van der Waals surface area contributed by atoms with Crippen LogP contribution >= 0.6 is 11.6 Å². The summed E-state index contributed by atoms with van der Waals surface area (Å²) >= 11 is 5.92. The summed E-state index contributed by atoms with van der Waals surface area (Å²) in [6.45, 7) is 4.00. The van der Waals surface area contributed by atoms with Crippen LogP contribution in [0.5, 0.6) is 0 Å². The molecule has 13 heavy (non-hydrogen) atoms. The molecule has 2 aromatic rings.